The van der Waals surface area contributed by atoms with Crippen molar-refractivity contribution in [1.29, 1.82) is 0 Å². The Kier molecular flexibility index (Phi) is 4.27. The van der Waals surface area contributed by atoms with Gasteiger partial charge in [0.05, 0.1) is 19.4 Å². The van der Waals surface area contributed by atoms with Gasteiger partial charge in [0.1, 0.15) is 0 Å². The third-order valence-electron chi connectivity index (χ3n) is 3.97. The summed E-state index contributed by atoms with van der Waals surface area (Å²) in [4.78, 5) is 11.6. The molecule has 20 heavy (non-hydrogen) atoms. The van der Waals surface area contributed by atoms with Gasteiger partial charge in [0.25, 0.3) is 0 Å². The van der Waals surface area contributed by atoms with Gasteiger partial charge >= 0.3 is 0 Å². The van der Waals surface area contributed by atoms with Crippen LogP contribution in [0, 0.1) is 0 Å². The molecule has 2 saturated heterocycles. The average molecular weight is 278 g/mol. The fraction of sp³-hybridized carbons (Fsp3) is 0.769. The second-order valence-electron chi connectivity index (χ2n) is 5.14. The van der Waals surface area contributed by atoms with Crippen molar-refractivity contribution in [2.45, 2.75) is 6.92 Å². The van der Waals surface area contributed by atoms with Crippen LogP contribution in [0.1, 0.15) is 6.92 Å². The van der Waals surface area contributed by atoms with Crippen molar-refractivity contribution in [3.8, 4) is 0 Å². The van der Waals surface area contributed by atoms with Gasteiger partial charge in [-0.3, -0.25) is 0 Å². The molecular formula is C13H22N6O. The van der Waals surface area contributed by atoms with Crippen LogP contribution in [0.4, 0.5) is 11.8 Å². The number of anilines is 2. The summed E-state index contributed by atoms with van der Waals surface area (Å²) in [5.41, 5.74) is 0. The number of hydrogen-bond acceptors (Lipinski definition) is 7. The highest BCUT2D eigenvalue weighted by atomic mass is 16.5. The summed E-state index contributed by atoms with van der Waals surface area (Å²) in [6.07, 6.45) is 1.77. The lowest BCUT2D eigenvalue weighted by atomic mass is 10.3. The first kappa shape index (κ1) is 13.5. The predicted molar refractivity (Wildman–Crippen MR) is 77.2 cm³/mol. The third-order valence-corrected chi connectivity index (χ3v) is 3.97. The van der Waals surface area contributed by atoms with Crippen molar-refractivity contribution in [1.82, 2.24) is 20.1 Å². The summed E-state index contributed by atoms with van der Waals surface area (Å²) in [5, 5.41) is 8.29. The van der Waals surface area contributed by atoms with Crippen LogP contribution in [0.2, 0.25) is 0 Å². The van der Waals surface area contributed by atoms with Gasteiger partial charge in [0.2, 0.25) is 5.95 Å². The smallest absolute Gasteiger partial charge is 0.247 e. The molecule has 2 aliphatic heterocycles. The summed E-state index contributed by atoms with van der Waals surface area (Å²) in [6, 6.07) is 0. The molecule has 0 atom stereocenters. The summed E-state index contributed by atoms with van der Waals surface area (Å²) in [7, 11) is 0. The van der Waals surface area contributed by atoms with Crippen LogP contribution < -0.4 is 9.80 Å². The first-order valence-corrected chi connectivity index (χ1v) is 7.36. The van der Waals surface area contributed by atoms with Crippen LogP contribution in [0.25, 0.3) is 0 Å². The molecule has 0 radical (unpaired) electrons. The normalized spacial score (nSPS) is 21.2. The summed E-state index contributed by atoms with van der Waals surface area (Å²) >= 11 is 0. The van der Waals surface area contributed by atoms with Crippen LogP contribution in [0.3, 0.4) is 0 Å². The Hall–Kier alpha value is -1.47. The minimum Gasteiger partial charge on any atom is -0.378 e. The van der Waals surface area contributed by atoms with E-state index in [1.165, 1.54) is 0 Å². The Morgan fingerprint density at radius 2 is 1.80 bits per heavy atom. The zero-order valence-corrected chi connectivity index (χ0v) is 12.0. The van der Waals surface area contributed by atoms with E-state index in [-0.39, 0.29) is 0 Å². The first-order chi connectivity index (χ1) is 9.86. The van der Waals surface area contributed by atoms with E-state index in [1.54, 1.807) is 6.20 Å². The van der Waals surface area contributed by atoms with E-state index in [0.717, 1.165) is 70.8 Å². The Morgan fingerprint density at radius 3 is 2.50 bits per heavy atom. The molecule has 1 aromatic rings. The Balaban J connectivity index is 1.68. The van der Waals surface area contributed by atoms with Crippen molar-refractivity contribution in [2.75, 3.05) is 68.8 Å². The van der Waals surface area contributed by atoms with Crippen molar-refractivity contribution in [3.63, 3.8) is 0 Å². The number of morpholine rings is 1. The molecule has 7 nitrogen and oxygen atoms in total. The van der Waals surface area contributed by atoms with Gasteiger partial charge in [0.15, 0.2) is 5.82 Å². The fourth-order valence-corrected chi connectivity index (χ4v) is 2.63. The topological polar surface area (TPSA) is 57.6 Å². The van der Waals surface area contributed by atoms with Gasteiger partial charge in [-0.2, -0.15) is 10.1 Å². The lowest BCUT2D eigenvalue weighted by molar-refractivity contribution is 0.122. The number of rotatable bonds is 3. The van der Waals surface area contributed by atoms with Crippen molar-refractivity contribution >= 4 is 11.8 Å². The second kappa shape index (κ2) is 6.32. The van der Waals surface area contributed by atoms with E-state index in [9.17, 15) is 0 Å². The van der Waals surface area contributed by atoms with Gasteiger partial charge in [0, 0.05) is 39.3 Å². The molecule has 0 bridgehead atoms. The number of aromatic nitrogens is 3. The van der Waals surface area contributed by atoms with E-state index >= 15 is 0 Å². The predicted octanol–water partition coefficient (Wildman–Crippen LogP) is -0.150. The maximum atomic E-state index is 5.36. The standard InChI is InChI=1S/C13H22N6O/c1-2-17-3-5-18(6-4-17)12-11-14-16-13(15-12)19-7-9-20-10-8-19/h11H,2-10H2,1H3. The lowest BCUT2D eigenvalue weighted by Crippen LogP contribution is -2.46. The Bertz CT molecular complexity index is 429. The largest absolute Gasteiger partial charge is 0.378 e. The maximum Gasteiger partial charge on any atom is 0.247 e. The van der Waals surface area contributed by atoms with Gasteiger partial charge in [-0.05, 0) is 6.54 Å². The van der Waals surface area contributed by atoms with Crippen LogP contribution >= 0.6 is 0 Å². The molecule has 1 aromatic heterocycles. The van der Waals surface area contributed by atoms with Crippen LogP contribution in [-0.2, 0) is 4.74 Å². The highest BCUT2D eigenvalue weighted by Crippen LogP contribution is 2.16. The van der Waals surface area contributed by atoms with E-state index < -0.39 is 0 Å². The van der Waals surface area contributed by atoms with E-state index in [4.69, 9.17) is 4.74 Å². The average Bonchev–Trinajstić information content (AvgIpc) is 2.56. The SMILES string of the molecule is CCN1CCN(c2cnnc(N3CCOCC3)n2)CC1. The number of ether oxygens (including phenoxy) is 1. The van der Waals surface area contributed by atoms with Crippen molar-refractivity contribution in [3.05, 3.63) is 6.20 Å². The third kappa shape index (κ3) is 2.99. The zero-order valence-electron chi connectivity index (χ0n) is 12.0. The van der Waals surface area contributed by atoms with E-state index in [2.05, 4.69) is 36.8 Å². The first-order valence-electron chi connectivity index (χ1n) is 7.36. The van der Waals surface area contributed by atoms with E-state index in [0.29, 0.717) is 0 Å². The monoisotopic (exact) mass is 278 g/mol. The lowest BCUT2D eigenvalue weighted by Gasteiger charge is -2.35. The molecule has 0 amide bonds. The number of nitrogens with zero attached hydrogens (tertiary/aromatic N) is 6. The van der Waals surface area contributed by atoms with Gasteiger partial charge < -0.3 is 19.4 Å². The van der Waals surface area contributed by atoms with Gasteiger partial charge in [-0.15, -0.1) is 5.10 Å². The zero-order chi connectivity index (χ0) is 13.8. The molecule has 110 valence electrons. The van der Waals surface area contributed by atoms with Crippen molar-refractivity contribution < 1.29 is 4.74 Å². The van der Waals surface area contributed by atoms with Crippen LogP contribution in [0.15, 0.2) is 6.20 Å². The molecule has 2 aliphatic rings. The Morgan fingerprint density at radius 1 is 1.05 bits per heavy atom. The van der Waals surface area contributed by atoms with Crippen LogP contribution in [-0.4, -0.2) is 79.1 Å². The molecular weight excluding hydrogens is 256 g/mol. The summed E-state index contributed by atoms with van der Waals surface area (Å²) in [6.45, 7) is 10.7. The second-order valence-corrected chi connectivity index (χ2v) is 5.14. The molecule has 0 aromatic carbocycles. The molecule has 3 heterocycles. The van der Waals surface area contributed by atoms with Gasteiger partial charge in [-0.25, -0.2) is 0 Å². The fourth-order valence-electron chi connectivity index (χ4n) is 2.63. The number of hydrogen-bond donors (Lipinski definition) is 0. The number of piperazine rings is 1. The molecule has 0 spiro atoms. The molecule has 2 fully saturated rings. The highest BCUT2D eigenvalue weighted by molar-refractivity contribution is 5.42. The Labute approximate surface area is 119 Å². The quantitative estimate of drug-likeness (QED) is 0.762. The highest BCUT2D eigenvalue weighted by Gasteiger charge is 2.19. The van der Waals surface area contributed by atoms with Crippen LogP contribution in [0.5, 0.6) is 0 Å². The van der Waals surface area contributed by atoms with Crippen molar-refractivity contribution in [2.24, 2.45) is 0 Å². The molecule has 0 aliphatic carbocycles. The summed E-state index contributed by atoms with van der Waals surface area (Å²) < 4.78 is 5.36. The summed E-state index contributed by atoms with van der Waals surface area (Å²) in [5.74, 6) is 1.67. The molecule has 0 saturated carbocycles. The minimum atomic E-state index is 0.726. The molecule has 3 rings (SSSR count). The van der Waals surface area contributed by atoms with E-state index in [1.807, 2.05) is 0 Å². The molecule has 7 heteroatoms. The van der Waals surface area contributed by atoms with Gasteiger partial charge in [-0.1, -0.05) is 6.92 Å². The number of likely N-dealkylation sites (N-methyl/N-ethyl adjacent to an activating group) is 1. The molecule has 0 N–H and O–H groups in total. The minimum absolute atomic E-state index is 0.726. The maximum absolute atomic E-state index is 5.36. The molecule has 0 unspecified atom stereocenters.